The molecule has 2 aliphatic rings. The minimum Gasteiger partial charge on any atom is -0.369 e. The summed E-state index contributed by atoms with van der Waals surface area (Å²) in [5, 5.41) is 11.4. The van der Waals surface area contributed by atoms with Crippen molar-refractivity contribution in [3.05, 3.63) is 22.6 Å². The lowest BCUT2D eigenvalue weighted by molar-refractivity contribution is 0.596. The smallest absolute Gasteiger partial charge is 0.229 e. The van der Waals surface area contributed by atoms with Crippen molar-refractivity contribution in [2.24, 2.45) is 5.92 Å². The summed E-state index contributed by atoms with van der Waals surface area (Å²) in [5.41, 5.74) is 2.22. The van der Waals surface area contributed by atoms with Gasteiger partial charge in [0, 0.05) is 24.9 Å². The summed E-state index contributed by atoms with van der Waals surface area (Å²) >= 11 is 3.47. The molecule has 122 valence electrons. The summed E-state index contributed by atoms with van der Waals surface area (Å²) in [6, 6.07) is 0.561. The van der Waals surface area contributed by atoms with E-state index in [2.05, 4.69) is 54.3 Å². The average molecular weight is 377 g/mol. The van der Waals surface area contributed by atoms with E-state index in [0.717, 1.165) is 28.4 Å². The van der Waals surface area contributed by atoms with Gasteiger partial charge in [0.1, 0.15) is 5.82 Å². The Kier molecular flexibility index (Phi) is 3.75. The Morgan fingerprint density at radius 3 is 2.83 bits per heavy atom. The molecule has 0 aliphatic heterocycles. The van der Waals surface area contributed by atoms with Crippen molar-refractivity contribution in [3.8, 4) is 0 Å². The van der Waals surface area contributed by atoms with Gasteiger partial charge in [-0.15, -0.1) is 0 Å². The third kappa shape index (κ3) is 3.06. The second-order valence-electron chi connectivity index (χ2n) is 6.51. The molecule has 4 rings (SSSR count). The van der Waals surface area contributed by atoms with Gasteiger partial charge in [-0.2, -0.15) is 10.1 Å². The Morgan fingerprint density at radius 2 is 2.17 bits per heavy atom. The molecule has 2 heterocycles. The van der Waals surface area contributed by atoms with E-state index >= 15 is 0 Å². The third-order valence-electron chi connectivity index (χ3n) is 4.47. The molecule has 1 unspecified atom stereocenters. The van der Waals surface area contributed by atoms with E-state index in [4.69, 9.17) is 5.10 Å². The number of halogens is 1. The van der Waals surface area contributed by atoms with Crippen LogP contribution in [0.2, 0.25) is 0 Å². The van der Waals surface area contributed by atoms with Crippen LogP contribution in [-0.4, -0.2) is 26.3 Å². The molecular formula is C16H21BrN6. The quantitative estimate of drug-likeness (QED) is 0.794. The fraction of sp³-hybridized carbons (Fsp3) is 0.562. The topological polar surface area (TPSA) is 67.7 Å². The van der Waals surface area contributed by atoms with Crippen LogP contribution in [0.25, 0.3) is 0 Å². The van der Waals surface area contributed by atoms with E-state index in [1.165, 1.54) is 25.0 Å². The van der Waals surface area contributed by atoms with Crippen molar-refractivity contribution in [3.63, 3.8) is 0 Å². The molecule has 0 aromatic carbocycles. The third-order valence-corrected chi connectivity index (χ3v) is 5.05. The lowest BCUT2D eigenvalue weighted by Gasteiger charge is -2.08. The van der Waals surface area contributed by atoms with Crippen LogP contribution in [0.15, 0.2) is 16.9 Å². The molecule has 0 bridgehead atoms. The lowest BCUT2D eigenvalue weighted by atomic mass is 10.2. The Labute approximate surface area is 144 Å². The van der Waals surface area contributed by atoms with E-state index in [-0.39, 0.29) is 0 Å². The van der Waals surface area contributed by atoms with Crippen molar-refractivity contribution in [1.29, 1.82) is 0 Å². The molecule has 2 atom stereocenters. The first-order valence-electron chi connectivity index (χ1n) is 8.28. The van der Waals surface area contributed by atoms with E-state index in [9.17, 15) is 0 Å². The number of nitrogens with one attached hydrogen (secondary N) is 2. The second-order valence-corrected chi connectivity index (χ2v) is 7.36. The van der Waals surface area contributed by atoms with E-state index in [1.807, 2.05) is 6.92 Å². The molecule has 23 heavy (non-hydrogen) atoms. The summed E-state index contributed by atoms with van der Waals surface area (Å²) in [6.45, 7) is 5.14. The first-order valence-corrected chi connectivity index (χ1v) is 9.07. The minimum atomic E-state index is 0.561. The SMILES string of the molecule is CCNc1nc(Nc2cn(C3C[C@H]3C)nc2C2CC2)ncc1Br. The maximum absolute atomic E-state index is 4.83. The molecule has 2 fully saturated rings. The normalized spacial score (nSPS) is 22.9. The predicted octanol–water partition coefficient (Wildman–Crippen LogP) is 4.07. The van der Waals surface area contributed by atoms with Gasteiger partial charge in [0.2, 0.25) is 5.95 Å². The van der Waals surface area contributed by atoms with Crippen LogP contribution < -0.4 is 10.6 Å². The zero-order chi connectivity index (χ0) is 16.0. The van der Waals surface area contributed by atoms with Gasteiger partial charge < -0.3 is 10.6 Å². The number of anilines is 3. The number of aromatic nitrogens is 4. The van der Waals surface area contributed by atoms with Crippen molar-refractivity contribution >= 4 is 33.4 Å². The Morgan fingerprint density at radius 1 is 1.39 bits per heavy atom. The first-order chi connectivity index (χ1) is 11.2. The van der Waals surface area contributed by atoms with Gasteiger partial charge in [0.15, 0.2) is 0 Å². The second kappa shape index (κ2) is 5.78. The van der Waals surface area contributed by atoms with Crippen LogP contribution in [0.3, 0.4) is 0 Å². The van der Waals surface area contributed by atoms with Crippen molar-refractivity contribution in [2.75, 3.05) is 17.2 Å². The summed E-state index contributed by atoms with van der Waals surface area (Å²) < 4.78 is 3.00. The van der Waals surface area contributed by atoms with Crippen LogP contribution in [0, 0.1) is 5.92 Å². The molecule has 0 saturated heterocycles. The molecule has 2 N–H and O–H groups in total. The van der Waals surface area contributed by atoms with Crippen LogP contribution in [-0.2, 0) is 0 Å². The fourth-order valence-electron chi connectivity index (χ4n) is 2.84. The van der Waals surface area contributed by atoms with E-state index < -0.39 is 0 Å². The van der Waals surface area contributed by atoms with Gasteiger partial charge in [0.05, 0.1) is 21.9 Å². The average Bonchev–Trinajstić information content (AvgIpc) is 3.45. The number of rotatable bonds is 6. The number of nitrogens with zero attached hydrogens (tertiary/aromatic N) is 4. The van der Waals surface area contributed by atoms with E-state index in [0.29, 0.717) is 17.9 Å². The van der Waals surface area contributed by atoms with Gasteiger partial charge >= 0.3 is 0 Å². The van der Waals surface area contributed by atoms with Gasteiger partial charge in [-0.1, -0.05) is 6.92 Å². The highest BCUT2D eigenvalue weighted by Crippen LogP contribution is 2.47. The molecule has 2 aliphatic carbocycles. The molecule has 2 aromatic rings. The minimum absolute atomic E-state index is 0.561. The van der Waals surface area contributed by atoms with Crippen LogP contribution >= 0.6 is 15.9 Å². The largest absolute Gasteiger partial charge is 0.369 e. The van der Waals surface area contributed by atoms with Gasteiger partial charge in [-0.25, -0.2) is 4.98 Å². The van der Waals surface area contributed by atoms with Crippen molar-refractivity contribution in [1.82, 2.24) is 19.7 Å². The Hall–Kier alpha value is -1.63. The zero-order valence-electron chi connectivity index (χ0n) is 13.4. The molecule has 2 aromatic heterocycles. The Balaban J connectivity index is 1.60. The number of hydrogen-bond donors (Lipinski definition) is 2. The molecule has 0 amide bonds. The first kappa shape index (κ1) is 14.9. The maximum Gasteiger partial charge on any atom is 0.229 e. The zero-order valence-corrected chi connectivity index (χ0v) is 15.0. The van der Waals surface area contributed by atoms with Gasteiger partial charge in [0.25, 0.3) is 0 Å². The molecular weight excluding hydrogens is 356 g/mol. The van der Waals surface area contributed by atoms with E-state index in [1.54, 1.807) is 6.20 Å². The highest BCUT2D eigenvalue weighted by atomic mass is 79.9. The predicted molar refractivity (Wildman–Crippen MR) is 94.2 cm³/mol. The summed E-state index contributed by atoms with van der Waals surface area (Å²) in [4.78, 5) is 8.92. The fourth-order valence-corrected chi connectivity index (χ4v) is 3.17. The molecule has 0 radical (unpaired) electrons. The molecule has 6 nitrogen and oxygen atoms in total. The molecule has 7 heteroatoms. The summed E-state index contributed by atoms with van der Waals surface area (Å²) in [6.07, 6.45) is 7.59. The maximum atomic E-state index is 4.83. The van der Waals surface area contributed by atoms with Crippen molar-refractivity contribution < 1.29 is 0 Å². The highest BCUT2D eigenvalue weighted by molar-refractivity contribution is 9.10. The standard InChI is InChI=1S/C16H21BrN6/c1-3-18-15-11(17)7-19-16(21-15)20-12-8-23(13-6-9(13)2)22-14(12)10-4-5-10/h7-10,13H,3-6H2,1-2H3,(H2,18,19,20,21)/t9-,13?/m1/s1. The van der Waals surface area contributed by atoms with Crippen LogP contribution in [0.1, 0.15) is 50.8 Å². The number of hydrogen-bond acceptors (Lipinski definition) is 5. The van der Waals surface area contributed by atoms with Gasteiger partial charge in [-0.3, -0.25) is 4.68 Å². The van der Waals surface area contributed by atoms with Gasteiger partial charge in [-0.05, 0) is 48.0 Å². The van der Waals surface area contributed by atoms with Crippen LogP contribution in [0.4, 0.5) is 17.5 Å². The lowest BCUT2D eigenvalue weighted by Crippen LogP contribution is -2.04. The Bertz CT molecular complexity index is 723. The summed E-state index contributed by atoms with van der Waals surface area (Å²) in [7, 11) is 0. The van der Waals surface area contributed by atoms with Crippen LogP contribution in [0.5, 0.6) is 0 Å². The van der Waals surface area contributed by atoms with Crippen molar-refractivity contribution in [2.45, 2.75) is 45.1 Å². The molecule has 0 spiro atoms. The highest BCUT2D eigenvalue weighted by Gasteiger charge is 2.37. The molecule has 2 saturated carbocycles. The summed E-state index contributed by atoms with van der Waals surface area (Å²) in [5.74, 6) is 2.74. The monoisotopic (exact) mass is 376 g/mol.